The zero-order chi connectivity index (χ0) is 21.5. The average Bonchev–Trinajstić information content (AvgIpc) is 3.16. The van der Waals surface area contributed by atoms with E-state index in [0.717, 1.165) is 23.2 Å². The lowest BCUT2D eigenvalue weighted by atomic mass is 9.90. The minimum absolute atomic E-state index is 0.00186. The van der Waals surface area contributed by atoms with Gasteiger partial charge < -0.3 is 14.0 Å². The summed E-state index contributed by atoms with van der Waals surface area (Å²) in [6.07, 6.45) is 3.31. The lowest BCUT2D eigenvalue weighted by Crippen LogP contribution is -2.10. The van der Waals surface area contributed by atoms with Crippen LogP contribution in [0.25, 0.3) is 5.69 Å². The van der Waals surface area contributed by atoms with Gasteiger partial charge in [-0.2, -0.15) is 0 Å². The van der Waals surface area contributed by atoms with Gasteiger partial charge in [-0.15, -0.1) is 0 Å². The third-order valence-corrected chi connectivity index (χ3v) is 5.81. The molecule has 8 heteroatoms. The van der Waals surface area contributed by atoms with Crippen LogP contribution in [0.4, 0.5) is 5.69 Å². The summed E-state index contributed by atoms with van der Waals surface area (Å²) in [5, 5.41) is 0. The number of hydrogen-bond donors (Lipinski definition) is 1. The van der Waals surface area contributed by atoms with Crippen LogP contribution in [-0.2, 0) is 10.0 Å². The van der Waals surface area contributed by atoms with E-state index in [4.69, 9.17) is 9.47 Å². The number of benzene rings is 2. The Balaban J connectivity index is 1.79. The number of carbonyl (C=O) groups is 1. The molecule has 1 aliphatic heterocycles. The van der Waals surface area contributed by atoms with Crippen LogP contribution in [-0.4, -0.2) is 39.2 Å². The van der Waals surface area contributed by atoms with E-state index in [1.165, 1.54) is 0 Å². The molecule has 0 fully saturated rings. The van der Waals surface area contributed by atoms with Crippen molar-refractivity contribution in [2.75, 3.05) is 25.2 Å². The summed E-state index contributed by atoms with van der Waals surface area (Å²) < 4.78 is 38.2. The zero-order valence-corrected chi connectivity index (χ0v) is 17.7. The predicted molar refractivity (Wildman–Crippen MR) is 115 cm³/mol. The topological polar surface area (TPSA) is 86.6 Å². The molecule has 30 heavy (non-hydrogen) atoms. The van der Waals surface area contributed by atoms with Crippen molar-refractivity contribution in [3.63, 3.8) is 0 Å². The first kappa shape index (κ1) is 20.0. The van der Waals surface area contributed by atoms with E-state index in [1.54, 1.807) is 32.4 Å². The molecule has 1 N–H and O–H groups in total. The smallest absolute Gasteiger partial charge is 0.229 e. The van der Waals surface area contributed by atoms with Gasteiger partial charge in [-0.1, -0.05) is 12.1 Å². The molecule has 0 spiro atoms. The first-order chi connectivity index (χ1) is 14.3. The fraction of sp³-hybridized carbons (Fsp3) is 0.227. The maximum atomic E-state index is 13.2. The number of methoxy groups -OCH3 is 2. The van der Waals surface area contributed by atoms with Crippen molar-refractivity contribution in [1.29, 1.82) is 0 Å². The second-order valence-electron chi connectivity index (χ2n) is 7.20. The molecular weight excluding hydrogens is 404 g/mol. The minimum Gasteiger partial charge on any atom is -0.493 e. The lowest BCUT2D eigenvalue weighted by Gasteiger charge is -2.17. The van der Waals surface area contributed by atoms with Gasteiger partial charge in [-0.05, 0) is 35.9 Å². The van der Waals surface area contributed by atoms with Crippen molar-refractivity contribution in [3.05, 3.63) is 71.5 Å². The zero-order valence-electron chi connectivity index (χ0n) is 16.9. The van der Waals surface area contributed by atoms with Gasteiger partial charge in [0.25, 0.3) is 0 Å². The Bertz CT molecular complexity index is 1210. The van der Waals surface area contributed by atoms with E-state index < -0.39 is 10.0 Å². The van der Waals surface area contributed by atoms with E-state index in [0.29, 0.717) is 22.7 Å². The van der Waals surface area contributed by atoms with Crippen molar-refractivity contribution in [2.24, 2.45) is 0 Å². The first-order valence-electron chi connectivity index (χ1n) is 9.35. The third kappa shape index (κ3) is 3.66. The van der Waals surface area contributed by atoms with Gasteiger partial charge in [-0.25, -0.2) is 8.42 Å². The highest BCUT2D eigenvalue weighted by Gasteiger charge is 2.29. The number of Topliss-reactive ketones (excluding diaryl/α,β-unsaturated/α-hetero) is 1. The van der Waals surface area contributed by atoms with Crippen LogP contribution >= 0.6 is 0 Å². The van der Waals surface area contributed by atoms with Crippen LogP contribution < -0.4 is 14.2 Å². The van der Waals surface area contributed by atoms with Crippen LogP contribution in [0.3, 0.4) is 0 Å². The van der Waals surface area contributed by atoms with E-state index in [9.17, 15) is 13.2 Å². The van der Waals surface area contributed by atoms with Crippen molar-refractivity contribution >= 4 is 21.5 Å². The Hall–Kier alpha value is -3.26. The summed E-state index contributed by atoms with van der Waals surface area (Å²) >= 11 is 0. The number of nitrogens with one attached hydrogen (secondary N) is 1. The lowest BCUT2D eigenvalue weighted by molar-refractivity contribution is 0.0979. The first-order valence-corrected chi connectivity index (χ1v) is 11.2. The molecule has 2 heterocycles. The minimum atomic E-state index is -3.35. The third-order valence-electron chi connectivity index (χ3n) is 5.20. The monoisotopic (exact) mass is 426 g/mol. The Morgan fingerprint density at radius 2 is 1.70 bits per heavy atom. The highest BCUT2D eigenvalue weighted by atomic mass is 32.2. The number of carbonyl (C=O) groups excluding carboxylic acids is 1. The molecular formula is C22H22N2O5S. The number of aromatic nitrogens is 1. The highest BCUT2D eigenvalue weighted by molar-refractivity contribution is 7.92. The van der Waals surface area contributed by atoms with Gasteiger partial charge in [-0.3, -0.25) is 9.52 Å². The standard InChI is InChI=1S/C22H22N2O5S/c1-28-21-12-17-19(13-22(21)29-2)24-10-4-5-18(24)16(11-20(17)25)14-6-8-15(9-7-14)23-30(3,26)27/h4-10,12-13,16,23H,11H2,1-3H3/t16-/m0/s1. The van der Waals surface area contributed by atoms with Crippen LogP contribution in [0.1, 0.15) is 34.0 Å². The van der Waals surface area contributed by atoms with E-state index in [2.05, 4.69) is 4.72 Å². The molecule has 2 aromatic carbocycles. The Labute approximate surface area is 175 Å². The van der Waals surface area contributed by atoms with E-state index >= 15 is 0 Å². The Morgan fingerprint density at radius 3 is 2.33 bits per heavy atom. The van der Waals surface area contributed by atoms with Gasteiger partial charge >= 0.3 is 0 Å². The summed E-state index contributed by atoms with van der Waals surface area (Å²) in [5.41, 5.74) is 3.69. The van der Waals surface area contributed by atoms with Gasteiger partial charge in [0.2, 0.25) is 10.0 Å². The SMILES string of the molecule is COc1cc2c(cc1OC)-n1cccc1[C@H](c1ccc(NS(C)(=O)=O)cc1)CC2=O. The molecule has 1 aromatic heterocycles. The average molecular weight is 426 g/mol. The quantitative estimate of drug-likeness (QED) is 0.674. The molecule has 0 radical (unpaired) electrons. The molecule has 0 amide bonds. The molecule has 0 aliphatic carbocycles. The normalized spacial score (nSPS) is 15.7. The number of rotatable bonds is 5. The van der Waals surface area contributed by atoms with Crippen molar-refractivity contribution in [1.82, 2.24) is 4.57 Å². The summed E-state index contributed by atoms with van der Waals surface area (Å²) in [4.78, 5) is 13.2. The molecule has 7 nitrogen and oxygen atoms in total. The summed E-state index contributed by atoms with van der Waals surface area (Å²) in [6, 6.07) is 14.6. The fourth-order valence-electron chi connectivity index (χ4n) is 3.87. The maximum absolute atomic E-state index is 13.2. The summed E-state index contributed by atoms with van der Waals surface area (Å²) in [5.74, 6) is 0.883. The van der Waals surface area contributed by atoms with Crippen molar-refractivity contribution in [2.45, 2.75) is 12.3 Å². The molecule has 4 rings (SSSR count). The number of sulfonamides is 1. The summed E-state index contributed by atoms with van der Waals surface area (Å²) in [7, 11) is -0.244. The van der Waals surface area contributed by atoms with Crippen LogP contribution in [0, 0.1) is 0 Å². The predicted octanol–water partition coefficient (Wildman–Crippen LogP) is 3.58. The van der Waals surface area contributed by atoms with E-state index in [1.807, 2.05) is 41.1 Å². The van der Waals surface area contributed by atoms with Crippen LogP contribution in [0.5, 0.6) is 11.5 Å². The number of ketones is 1. The largest absolute Gasteiger partial charge is 0.493 e. The summed E-state index contributed by atoms with van der Waals surface area (Å²) in [6.45, 7) is 0. The van der Waals surface area contributed by atoms with Gasteiger partial charge in [0.05, 0.1) is 26.2 Å². The molecule has 156 valence electrons. The number of nitrogens with zero attached hydrogens (tertiary/aromatic N) is 1. The van der Waals surface area contributed by atoms with Gasteiger partial charge in [0.1, 0.15) is 0 Å². The molecule has 0 saturated heterocycles. The van der Waals surface area contributed by atoms with Crippen molar-refractivity contribution in [3.8, 4) is 17.2 Å². The molecule has 1 aliphatic rings. The molecule has 0 saturated carbocycles. The van der Waals surface area contributed by atoms with Gasteiger partial charge in [0.15, 0.2) is 17.3 Å². The van der Waals surface area contributed by atoms with Crippen LogP contribution in [0.15, 0.2) is 54.7 Å². The molecule has 0 unspecified atom stereocenters. The number of hydrogen-bond acceptors (Lipinski definition) is 5. The van der Waals surface area contributed by atoms with Gasteiger partial charge in [0, 0.05) is 41.5 Å². The number of fused-ring (bicyclic) bond motifs is 3. The molecule has 1 atom stereocenters. The maximum Gasteiger partial charge on any atom is 0.229 e. The second kappa shape index (κ2) is 7.53. The highest BCUT2D eigenvalue weighted by Crippen LogP contribution is 2.40. The van der Waals surface area contributed by atoms with E-state index in [-0.39, 0.29) is 18.1 Å². The number of anilines is 1. The Morgan fingerprint density at radius 1 is 1.03 bits per heavy atom. The number of ether oxygens (including phenoxy) is 2. The molecule has 0 bridgehead atoms. The second-order valence-corrected chi connectivity index (χ2v) is 8.95. The Kier molecular flexibility index (Phi) is 5.03. The van der Waals surface area contributed by atoms with Crippen molar-refractivity contribution < 1.29 is 22.7 Å². The fourth-order valence-corrected chi connectivity index (χ4v) is 4.44. The van der Waals surface area contributed by atoms with Crippen LogP contribution in [0.2, 0.25) is 0 Å². The molecule has 3 aromatic rings.